The highest BCUT2D eigenvalue weighted by Gasteiger charge is 2.23. The monoisotopic (exact) mass is 398 g/mol. The normalized spacial score (nSPS) is 19.3. The molecular formula is C26H32F2O. The molecule has 3 rings (SSSR count). The van der Waals surface area contributed by atoms with E-state index in [2.05, 4.69) is 25.6 Å². The summed E-state index contributed by atoms with van der Waals surface area (Å²) < 4.78 is 34.9. The molecule has 0 spiro atoms. The van der Waals surface area contributed by atoms with Crippen molar-refractivity contribution >= 4 is 0 Å². The minimum atomic E-state index is -0.760. The Morgan fingerprint density at radius 3 is 2.38 bits per heavy atom. The molecule has 0 saturated heterocycles. The van der Waals surface area contributed by atoms with Gasteiger partial charge in [0.2, 0.25) is 0 Å². The van der Waals surface area contributed by atoms with Crippen molar-refractivity contribution in [1.29, 1.82) is 0 Å². The Morgan fingerprint density at radius 1 is 1.00 bits per heavy atom. The lowest BCUT2D eigenvalue weighted by Gasteiger charge is -2.29. The van der Waals surface area contributed by atoms with Crippen molar-refractivity contribution in [3.63, 3.8) is 0 Å². The van der Waals surface area contributed by atoms with Crippen LogP contribution in [0.25, 0.3) is 11.1 Å². The molecule has 0 bridgehead atoms. The predicted octanol–water partition coefficient (Wildman–Crippen LogP) is 7.59. The molecule has 1 nitrogen and oxygen atoms in total. The van der Waals surface area contributed by atoms with Crippen molar-refractivity contribution in [1.82, 2.24) is 0 Å². The van der Waals surface area contributed by atoms with E-state index >= 15 is 0 Å². The lowest BCUT2D eigenvalue weighted by molar-refractivity contribution is 0.0232. The van der Waals surface area contributed by atoms with Crippen molar-refractivity contribution in [3.05, 3.63) is 71.8 Å². The Balaban J connectivity index is 1.64. The van der Waals surface area contributed by atoms with Gasteiger partial charge in [-0.05, 0) is 67.6 Å². The third-order valence-electron chi connectivity index (χ3n) is 6.00. The second-order valence-corrected chi connectivity index (χ2v) is 8.05. The molecule has 29 heavy (non-hydrogen) atoms. The molecule has 3 heteroatoms. The summed E-state index contributed by atoms with van der Waals surface area (Å²) in [6.07, 6.45) is 9.96. The van der Waals surface area contributed by atoms with E-state index in [9.17, 15) is 8.78 Å². The van der Waals surface area contributed by atoms with Crippen LogP contribution in [0, 0.1) is 11.6 Å². The van der Waals surface area contributed by atoms with E-state index in [-0.39, 0.29) is 0 Å². The van der Waals surface area contributed by atoms with Crippen molar-refractivity contribution in [3.8, 4) is 11.1 Å². The van der Waals surface area contributed by atoms with Crippen molar-refractivity contribution in [2.75, 3.05) is 6.61 Å². The molecule has 0 aliphatic heterocycles. The number of rotatable bonds is 9. The first-order valence-electron chi connectivity index (χ1n) is 10.9. The van der Waals surface area contributed by atoms with E-state index in [1.54, 1.807) is 18.2 Å². The number of halogens is 2. The number of hydrogen-bond donors (Lipinski definition) is 0. The fourth-order valence-corrected chi connectivity index (χ4v) is 4.16. The Kier molecular flexibility index (Phi) is 8.00. The highest BCUT2D eigenvalue weighted by Crippen LogP contribution is 2.35. The van der Waals surface area contributed by atoms with Crippen LogP contribution in [-0.2, 0) is 11.2 Å². The number of allylic oxidation sites excluding steroid dienone is 1. The SMILES string of the molecule is C=CCCc1ccc(-c2ccc(C3CCC(OCCCC)CC3)cc2)c(F)c1F. The fourth-order valence-electron chi connectivity index (χ4n) is 4.16. The molecule has 0 unspecified atom stereocenters. The average Bonchev–Trinajstić information content (AvgIpc) is 2.76. The molecule has 1 aliphatic rings. The number of hydrogen-bond acceptors (Lipinski definition) is 1. The summed E-state index contributed by atoms with van der Waals surface area (Å²) >= 11 is 0. The van der Waals surface area contributed by atoms with Crippen LogP contribution in [0.2, 0.25) is 0 Å². The van der Waals surface area contributed by atoms with Gasteiger partial charge in [0.15, 0.2) is 11.6 Å². The first kappa shape index (κ1) is 21.7. The van der Waals surface area contributed by atoms with E-state index in [0.29, 0.717) is 36.0 Å². The van der Waals surface area contributed by atoms with Crippen LogP contribution in [0.4, 0.5) is 8.78 Å². The van der Waals surface area contributed by atoms with Crippen LogP contribution < -0.4 is 0 Å². The van der Waals surface area contributed by atoms with Gasteiger partial charge in [-0.15, -0.1) is 6.58 Å². The summed E-state index contributed by atoms with van der Waals surface area (Å²) in [6.45, 7) is 6.69. The standard InChI is InChI=1S/C26H32F2O/c1-3-5-7-22-14-17-24(26(28)25(22)27)21-10-8-19(9-11-21)20-12-15-23(16-13-20)29-18-6-4-2/h3,8-11,14,17,20,23H,1,4-7,12-13,15-16,18H2,2H3. The molecule has 0 atom stereocenters. The predicted molar refractivity (Wildman–Crippen MR) is 116 cm³/mol. The zero-order chi connectivity index (χ0) is 20.6. The van der Waals surface area contributed by atoms with Crippen molar-refractivity contribution in [2.45, 2.75) is 70.3 Å². The minimum Gasteiger partial charge on any atom is -0.378 e. The van der Waals surface area contributed by atoms with E-state index in [1.165, 1.54) is 12.0 Å². The molecule has 2 aromatic carbocycles. The molecular weight excluding hydrogens is 366 g/mol. The summed E-state index contributed by atoms with van der Waals surface area (Å²) in [5, 5.41) is 0. The molecule has 1 fully saturated rings. The second kappa shape index (κ2) is 10.7. The van der Waals surface area contributed by atoms with Gasteiger partial charge in [0.1, 0.15) is 0 Å². The maximum atomic E-state index is 14.6. The maximum Gasteiger partial charge on any atom is 0.166 e. The highest BCUT2D eigenvalue weighted by atomic mass is 19.2. The molecule has 0 amide bonds. The number of unbranched alkanes of at least 4 members (excludes halogenated alkanes) is 1. The second-order valence-electron chi connectivity index (χ2n) is 8.05. The smallest absolute Gasteiger partial charge is 0.166 e. The quantitative estimate of drug-likeness (QED) is 0.312. The Morgan fingerprint density at radius 2 is 1.72 bits per heavy atom. The van der Waals surface area contributed by atoms with Crippen LogP contribution in [0.1, 0.15) is 68.9 Å². The van der Waals surface area contributed by atoms with Crippen LogP contribution in [0.15, 0.2) is 49.1 Å². The zero-order valence-corrected chi connectivity index (χ0v) is 17.4. The van der Waals surface area contributed by atoms with E-state index < -0.39 is 11.6 Å². The third kappa shape index (κ3) is 5.54. The number of aryl methyl sites for hydroxylation is 1. The lowest BCUT2D eigenvalue weighted by atomic mass is 9.82. The van der Waals surface area contributed by atoms with Crippen LogP contribution in [-0.4, -0.2) is 12.7 Å². The topological polar surface area (TPSA) is 9.23 Å². The molecule has 0 heterocycles. The van der Waals surface area contributed by atoms with E-state index in [0.717, 1.165) is 44.3 Å². The van der Waals surface area contributed by atoms with Gasteiger partial charge in [-0.2, -0.15) is 0 Å². The first-order valence-corrected chi connectivity index (χ1v) is 10.9. The van der Waals surface area contributed by atoms with Gasteiger partial charge in [0, 0.05) is 12.2 Å². The fraction of sp³-hybridized carbons (Fsp3) is 0.462. The zero-order valence-electron chi connectivity index (χ0n) is 17.4. The molecule has 1 saturated carbocycles. The Hall–Kier alpha value is -2.00. The molecule has 2 aromatic rings. The largest absolute Gasteiger partial charge is 0.378 e. The van der Waals surface area contributed by atoms with Gasteiger partial charge in [0.25, 0.3) is 0 Å². The number of ether oxygens (including phenoxy) is 1. The van der Waals surface area contributed by atoms with E-state index in [4.69, 9.17) is 4.74 Å². The van der Waals surface area contributed by atoms with Crippen LogP contribution in [0.3, 0.4) is 0 Å². The summed E-state index contributed by atoms with van der Waals surface area (Å²) in [4.78, 5) is 0. The van der Waals surface area contributed by atoms with Crippen LogP contribution >= 0.6 is 0 Å². The number of benzene rings is 2. The van der Waals surface area contributed by atoms with Gasteiger partial charge in [-0.25, -0.2) is 8.78 Å². The molecule has 0 N–H and O–H groups in total. The van der Waals surface area contributed by atoms with Crippen LogP contribution in [0.5, 0.6) is 0 Å². The Bertz CT molecular complexity index is 789. The van der Waals surface area contributed by atoms with Gasteiger partial charge >= 0.3 is 0 Å². The van der Waals surface area contributed by atoms with E-state index in [1.807, 2.05) is 12.1 Å². The molecule has 0 radical (unpaired) electrons. The summed E-state index contributed by atoms with van der Waals surface area (Å²) in [5.74, 6) is -0.975. The molecule has 0 aromatic heterocycles. The summed E-state index contributed by atoms with van der Waals surface area (Å²) in [6, 6.07) is 11.3. The summed E-state index contributed by atoms with van der Waals surface area (Å²) in [5.41, 5.74) is 2.73. The minimum absolute atomic E-state index is 0.324. The third-order valence-corrected chi connectivity index (χ3v) is 6.00. The first-order chi connectivity index (χ1) is 14.1. The lowest BCUT2D eigenvalue weighted by Crippen LogP contribution is -2.21. The van der Waals surface area contributed by atoms with Gasteiger partial charge < -0.3 is 4.74 Å². The summed E-state index contributed by atoms with van der Waals surface area (Å²) in [7, 11) is 0. The van der Waals surface area contributed by atoms with Crippen molar-refractivity contribution in [2.24, 2.45) is 0 Å². The molecule has 156 valence electrons. The van der Waals surface area contributed by atoms with Gasteiger partial charge in [-0.1, -0.05) is 55.8 Å². The Labute approximate surface area is 173 Å². The maximum absolute atomic E-state index is 14.6. The highest BCUT2D eigenvalue weighted by molar-refractivity contribution is 5.65. The van der Waals surface area contributed by atoms with Gasteiger partial charge in [0.05, 0.1) is 6.10 Å². The average molecular weight is 399 g/mol. The van der Waals surface area contributed by atoms with Gasteiger partial charge in [-0.3, -0.25) is 0 Å². The molecule has 1 aliphatic carbocycles. The van der Waals surface area contributed by atoms with Crippen molar-refractivity contribution < 1.29 is 13.5 Å².